The lowest BCUT2D eigenvalue weighted by Crippen LogP contribution is -2.32. The van der Waals surface area contributed by atoms with E-state index in [0.29, 0.717) is 28.0 Å². The number of aromatic nitrogens is 2. The summed E-state index contributed by atoms with van der Waals surface area (Å²) in [7, 11) is 1.50. The number of benzene rings is 2. The Balaban J connectivity index is 2.09. The SMILES string of the molecule is C#CCOc1c(C=Nn2c(=O)[nH]c3ccccc3c2=O)cccc1OC. The molecule has 1 heterocycles. The predicted molar refractivity (Wildman–Crippen MR) is 99.1 cm³/mol. The Kier molecular flexibility index (Phi) is 4.85. The number of hydrogen-bond acceptors (Lipinski definition) is 5. The molecule has 0 saturated carbocycles. The Morgan fingerprint density at radius 2 is 2.04 bits per heavy atom. The number of aromatic amines is 1. The Bertz CT molecular complexity index is 1140. The monoisotopic (exact) mass is 349 g/mol. The highest BCUT2D eigenvalue weighted by molar-refractivity contribution is 5.85. The topological polar surface area (TPSA) is 85.7 Å². The molecule has 7 heteroatoms. The van der Waals surface area contributed by atoms with Crippen molar-refractivity contribution in [2.24, 2.45) is 5.10 Å². The average molecular weight is 349 g/mol. The quantitative estimate of drug-likeness (QED) is 0.560. The zero-order chi connectivity index (χ0) is 18.5. The van der Waals surface area contributed by atoms with E-state index in [4.69, 9.17) is 15.9 Å². The molecule has 0 bridgehead atoms. The van der Waals surface area contributed by atoms with Gasteiger partial charge >= 0.3 is 5.69 Å². The van der Waals surface area contributed by atoms with Crippen LogP contribution in [0.15, 0.2) is 57.2 Å². The maximum Gasteiger partial charge on any atom is 0.349 e. The van der Waals surface area contributed by atoms with Crippen molar-refractivity contribution in [1.82, 2.24) is 9.66 Å². The molecule has 0 fully saturated rings. The number of nitrogens with zero attached hydrogens (tertiary/aromatic N) is 2. The van der Waals surface area contributed by atoms with Gasteiger partial charge in [0.1, 0.15) is 6.61 Å². The van der Waals surface area contributed by atoms with Crippen molar-refractivity contribution in [3.63, 3.8) is 0 Å². The summed E-state index contributed by atoms with van der Waals surface area (Å²) >= 11 is 0. The fourth-order valence-electron chi connectivity index (χ4n) is 2.44. The lowest BCUT2D eigenvalue weighted by Gasteiger charge is -2.11. The van der Waals surface area contributed by atoms with Gasteiger partial charge in [-0.1, -0.05) is 24.1 Å². The summed E-state index contributed by atoms with van der Waals surface area (Å²) in [5.41, 5.74) is -0.194. The Morgan fingerprint density at radius 1 is 1.23 bits per heavy atom. The first-order valence-electron chi connectivity index (χ1n) is 7.67. The number of para-hydroxylation sites is 2. The van der Waals surface area contributed by atoms with E-state index in [1.165, 1.54) is 13.3 Å². The van der Waals surface area contributed by atoms with Gasteiger partial charge in [0, 0.05) is 5.56 Å². The second-order valence-electron chi connectivity index (χ2n) is 5.21. The van der Waals surface area contributed by atoms with Crippen LogP contribution in [0, 0.1) is 12.3 Å². The summed E-state index contributed by atoms with van der Waals surface area (Å²) in [5, 5.41) is 4.38. The van der Waals surface area contributed by atoms with E-state index in [9.17, 15) is 9.59 Å². The zero-order valence-electron chi connectivity index (χ0n) is 13.9. The van der Waals surface area contributed by atoms with Crippen molar-refractivity contribution in [1.29, 1.82) is 0 Å². The summed E-state index contributed by atoms with van der Waals surface area (Å²) in [6.45, 7) is 0.0394. The van der Waals surface area contributed by atoms with Crippen molar-refractivity contribution >= 4 is 17.1 Å². The lowest BCUT2D eigenvalue weighted by molar-refractivity contribution is 0.330. The molecule has 3 aromatic rings. The molecule has 0 saturated heterocycles. The van der Waals surface area contributed by atoms with Crippen LogP contribution in [0.25, 0.3) is 10.9 Å². The number of nitrogens with one attached hydrogen (secondary N) is 1. The van der Waals surface area contributed by atoms with E-state index in [1.54, 1.807) is 42.5 Å². The molecule has 3 rings (SSSR count). The molecule has 26 heavy (non-hydrogen) atoms. The van der Waals surface area contributed by atoms with E-state index >= 15 is 0 Å². The molecule has 7 nitrogen and oxygen atoms in total. The van der Waals surface area contributed by atoms with Crippen LogP contribution in [0.5, 0.6) is 11.5 Å². The fraction of sp³-hybridized carbons (Fsp3) is 0.105. The molecular weight excluding hydrogens is 334 g/mol. The Labute approximate surface area is 148 Å². The minimum atomic E-state index is -0.640. The lowest BCUT2D eigenvalue weighted by atomic mass is 10.2. The molecular formula is C19H15N3O4. The second kappa shape index (κ2) is 7.40. The molecule has 0 unspecified atom stereocenters. The van der Waals surface area contributed by atoms with Crippen LogP contribution in [-0.2, 0) is 0 Å². The third kappa shape index (κ3) is 3.21. The normalized spacial score (nSPS) is 10.8. The van der Waals surface area contributed by atoms with Crippen LogP contribution in [0.3, 0.4) is 0 Å². The maximum atomic E-state index is 12.5. The van der Waals surface area contributed by atoms with Crippen LogP contribution >= 0.6 is 0 Å². The molecule has 0 spiro atoms. The van der Waals surface area contributed by atoms with Gasteiger partial charge in [-0.05, 0) is 24.3 Å². The molecule has 0 atom stereocenters. The van der Waals surface area contributed by atoms with E-state index in [0.717, 1.165) is 4.68 Å². The van der Waals surface area contributed by atoms with Crippen LogP contribution in [0.1, 0.15) is 5.56 Å². The number of methoxy groups -OCH3 is 1. The minimum Gasteiger partial charge on any atom is -0.493 e. The summed E-state index contributed by atoms with van der Waals surface area (Å²) in [4.78, 5) is 27.3. The van der Waals surface area contributed by atoms with E-state index in [2.05, 4.69) is 16.0 Å². The third-order valence-corrected chi connectivity index (χ3v) is 3.63. The highest BCUT2D eigenvalue weighted by atomic mass is 16.5. The Morgan fingerprint density at radius 3 is 2.81 bits per heavy atom. The summed E-state index contributed by atoms with van der Waals surface area (Å²) in [6.07, 6.45) is 6.58. The molecule has 2 aromatic carbocycles. The molecule has 130 valence electrons. The molecule has 0 radical (unpaired) electrons. The number of ether oxygens (including phenoxy) is 2. The first-order chi connectivity index (χ1) is 12.7. The van der Waals surface area contributed by atoms with Gasteiger partial charge in [-0.2, -0.15) is 5.10 Å². The number of fused-ring (bicyclic) bond motifs is 1. The first-order valence-corrected chi connectivity index (χ1v) is 7.67. The van der Waals surface area contributed by atoms with E-state index in [1.807, 2.05) is 0 Å². The smallest absolute Gasteiger partial charge is 0.349 e. The molecule has 1 N–H and O–H groups in total. The number of hydrogen-bond donors (Lipinski definition) is 1. The van der Waals surface area contributed by atoms with E-state index in [-0.39, 0.29) is 6.61 Å². The van der Waals surface area contributed by atoms with Crippen LogP contribution in [-0.4, -0.2) is 29.6 Å². The molecule has 0 amide bonds. The predicted octanol–water partition coefficient (Wildman–Crippen LogP) is 1.59. The molecule has 0 aliphatic carbocycles. The highest BCUT2D eigenvalue weighted by Gasteiger charge is 2.10. The standard InChI is InChI=1S/C19H15N3O4/c1-3-11-26-17-13(7-6-10-16(17)25-2)12-20-22-18(23)14-8-4-5-9-15(14)21-19(22)24/h1,4-10,12H,11H2,2H3,(H,21,24). The number of rotatable bonds is 5. The maximum absolute atomic E-state index is 12.5. The van der Waals surface area contributed by atoms with Crippen molar-refractivity contribution in [3.05, 3.63) is 68.9 Å². The van der Waals surface area contributed by atoms with Gasteiger partial charge in [0.25, 0.3) is 5.56 Å². The number of H-pyrrole nitrogens is 1. The zero-order valence-corrected chi connectivity index (χ0v) is 13.9. The largest absolute Gasteiger partial charge is 0.493 e. The van der Waals surface area contributed by atoms with Gasteiger partial charge in [0.05, 0.1) is 24.2 Å². The third-order valence-electron chi connectivity index (χ3n) is 3.63. The Hall–Kier alpha value is -3.79. The summed E-state index contributed by atoms with van der Waals surface area (Å²) < 4.78 is 11.5. The van der Waals surface area contributed by atoms with Gasteiger partial charge in [0.15, 0.2) is 11.5 Å². The van der Waals surface area contributed by atoms with Crippen molar-refractivity contribution in [2.45, 2.75) is 0 Å². The van der Waals surface area contributed by atoms with Gasteiger partial charge in [0.2, 0.25) is 0 Å². The van der Waals surface area contributed by atoms with Crippen molar-refractivity contribution in [3.8, 4) is 23.8 Å². The average Bonchev–Trinajstić information content (AvgIpc) is 2.66. The first kappa shape index (κ1) is 17.0. The van der Waals surface area contributed by atoms with Gasteiger partial charge in [-0.25, -0.2) is 4.79 Å². The van der Waals surface area contributed by atoms with Gasteiger partial charge in [-0.15, -0.1) is 11.1 Å². The molecule has 1 aromatic heterocycles. The fourth-order valence-corrected chi connectivity index (χ4v) is 2.44. The van der Waals surface area contributed by atoms with Gasteiger partial charge < -0.3 is 14.5 Å². The van der Waals surface area contributed by atoms with Crippen molar-refractivity contribution < 1.29 is 9.47 Å². The minimum absolute atomic E-state index is 0.0394. The van der Waals surface area contributed by atoms with Crippen LogP contribution in [0.2, 0.25) is 0 Å². The summed E-state index contributed by atoms with van der Waals surface area (Å²) in [6, 6.07) is 11.9. The van der Waals surface area contributed by atoms with Crippen LogP contribution < -0.4 is 20.7 Å². The summed E-state index contributed by atoms with van der Waals surface area (Å²) in [5.74, 6) is 3.21. The van der Waals surface area contributed by atoms with Crippen molar-refractivity contribution in [2.75, 3.05) is 13.7 Å². The highest BCUT2D eigenvalue weighted by Crippen LogP contribution is 2.29. The van der Waals surface area contributed by atoms with Gasteiger partial charge in [-0.3, -0.25) is 4.79 Å². The molecule has 0 aliphatic heterocycles. The molecule has 0 aliphatic rings. The second-order valence-corrected chi connectivity index (χ2v) is 5.21. The van der Waals surface area contributed by atoms with E-state index < -0.39 is 11.2 Å². The van der Waals surface area contributed by atoms with Crippen LogP contribution in [0.4, 0.5) is 0 Å². The number of terminal acetylenes is 1.